The lowest BCUT2D eigenvalue weighted by Crippen LogP contribution is -2.35. The predicted molar refractivity (Wildman–Crippen MR) is 116 cm³/mol. The van der Waals surface area contributed by atoms with E-state index in [0.717, 1.165) is 12.8 Å². The van der Waals surface area contributed by atoms with Gasteiger partial charge in [0.1, 0.15) is 34.6 Å². The van der Waals surface area contributed by atoms with E-state index in [4.69, 9.17) is 9.47 Å². The average Bonchev–Trinajstić information content (AvgIpc) is 3.42. The number of carboxylic acids is 1. The molecule has 0 radical (unpaired) electrons. The van der Waals surface area contributed by atoms with Crippen LogP contribution in [-0.4, -0.2) is 55.5 Å². The van der Waals surface area contributed by atoms with Crippen molar-refractivity contribution in [2.45, 2.75) is 45.3 Å². The first-order valence-electron chi connectivity index (χ1n) is 10.1. The van der Waals surface area contributed by atoms with Crippen LogP contribution in [0.5, 0.6) is 5.88 Å². The molecular formula is C21H24N6O5. The molecule has 0 saturated heterocycles. The summed E-state index contributed by atoms with van der Waals surface area (Å²) in [4.78, 5) is 34.3. The maximum Gasteiger partial charge on any atom is 0.415 e. The van der Waals surface area contributed by atoms with Gasteiger partial charge in [-0.2, -0.15) is 9.61 Å². The number of aromatic nitrogens is 4. The lowest BCUT2D eigenvalue weighted by atomic mass is 10.2. The van der Waals surface area contributed by atoms with Crippen molar-refractivity contribution in [3.8, 4) is 5.88 Å². The Morgan fingerprint density at radius 1 is 1.31 bits per heavy atom. The maximum atomic E-state index is 12.7. The third kappa shape index (κ3) is 4.56. The molecule has 11 heteroatoms. The largest absolute Gasteiger partial charge is 0.477 e. The van der Waals surface area contributed by atoms with E-state index in [1.165, 1.54) is 22.7 Å². The molecule has 0 aliphatic heterocycles. The van der Waals surface area contributed by atoms with E-state index in [0.29, 0.717) is 17.4 Å². The fourth-order valence-electron chi connectivity index (χ4n) is 2.89. The highest BCUT2D eigenvalue weighted by Crippen LogP contribution is 2.32. The molecule has 0 bridgehead atoms. The van der Waals surface area contributed by atoms with Crippen molar-refractivity contribution in [1.82, 2.24) is 19.6 Å². The Bertz CT molecular complexity index is 1180. The number of carbonyl (C=O) groups excluding carboxylic acids is 1. The van der Waals surface area contributed by atoms with Gasteiger partial charge in [0.05, 0.1) is 6.20 Å². The molecule has 4 rings (SSSR count). The van der Waals surface area contributed by atoms with Crippen LogP contribution in [0.25, 0.3) is 5.65 Å². The predicted octanol–water partition coefficient (Wildman–Crippen LogP) is 3.48. The first-order chi connectivity index (χ1) is 15.1. The lowest BCUT2D eigenvalue weighted by Gasteiger charge is -2.25. The van der Waals surface area contributed by atoms with Gasteiger partial charge in [-0.15, -0.1) is 0 Å². The van der Waals surface area contributed by atoms with E-state index >= 15 is 0 Å². The molecule has 0 aromatic carbocycles. The zero-order valence-corrected chi connectivity index (χ0v) is 18.2. The van der Waals surface area contributed by atoms with Crippen LogP contribution in [0.3, 0.4) is 0 Å². The minimum absolute atomic E-state index is 0.0708. The summed E-state index contributed by atoms with van der Waals surface area (Å²) in [5, 5.41) is 16.8. The topological polar surface area (TPSA) is 131 Å². The molecule has 1 fully saturated rings. The van der Waals surface area contributed by atoms with Crippen molar-refractivity contribution in [2.75, 3.05) is 17.3 Å². The smallest absolute Gasteiger partial charge is 0.415 e. The van der Waals surface area contributed by atoms with Crippen LogP contribution in [0.1, 0.15) is 44.0 Å². The third-order valence-electron chi connectivity index (χ3n) is 4.53. The number of fused-ring (bicyclic) bond motifs is 1. The Kier molecular flexibility index (Phi) is 5.33. The average molecular weight is 440 g/mol. The first kappa shape index (κ1) is 21.3. The molecule has 1 saturated carbocycles. The lowest BCUT2D eigenvalue weighted by molar-refractivity contribution is 0.0587. The van der Waals surface area contributed by atoms with Crippen LogP contribution in [0.15, 0.2) is 30.6 Å². The normalized spacial score (nSPS) is 13.6. The van der Waals surface area contributed by atoms with Crippen LogP contribution in [-0.2, 0) is 4.74 Å². The van der Waals surface area contributed by atoms with Gasteiger partial charge >= 0.3 is 12.1 Å². The van der Waals surface area contributed by atoms with Gasteiger partial charge in [-0.25, -0.2) is 19.6 Å². The first-order valence-corrected chi connectivity index (χ1v) is 10.1. The maximum absolute atomic E-state index is 12.7. The summed E-state index contributed by atoms with van der Waals surface area (Å²) >= 11 is 0. The van der Waals surface area contributed by atoms with Crippen LogP contribution in [0.4, 0.5) is 22.1 Å². The molecule has 3 aromatic rings. The molecular weight excluding hydrogens is 416 g/mol. The van der Waals surface area contributed by atoms with Gasteiger partial charge in [0.25, 0.3) is 0 Å². The Balaban J connectivity index is 1.76. The van der Waals surface area contributed by atoms with E-state index in [-0.39, 0.29) is 23.1 Å². The number of pyridine rings is 1. The molecule has 1 aliphatic rings. The SMILES string of the molecule is CN(C(=O)OC(C)(C)C)c1cc(Nc2cccnc2OC2CC2)nc2c(C(=O)O)cnn12. The number of nitrogens with one attached hydrogen (secondary N) is 1. The minimum atomic E-state index is -1.19. The molecule has 1 amide bonds. The van der Waals surface area contributed by atoms with Gasteiger partial charge in [0.2, 0.25) is 5.88 Å². The van der Waals surface area contributed by atoms with Gasteiger partial charge < -0.3 is 19.9 Å². The van der Waals surface area contributed by atoms with Gasteiger partial charge in [-0.05, 0) is 45.7 Å². The Labute approximate surface area is 184 Å². The van der Waals surface area contributed by atoms with Crippen molar-refractivity contribution in [3.63, 3.8) is 0 Å². The molecule has 168 valence electrons. The molecule has 32 heavy (non-hydrogen) atoms. The van der Waals surface area contributed by atoms with Crippen molar-refractivity contribution < 1.29 is 24.2 Å². The van der Waals surface area contributed by atoms with E-state index in [9.17, 15) is 14.7 Å². The number of amides is 1. The molecule has 2 N–H and O–H groups in total. The zero-order valence-electron chi connectivity index (χ0n) is 18.2. The molecule has 1 aliphatic carbocycles. The summed E-state index contributed by atoms with van der Waals surface area (Å²) in [7, 11) is 1.51. The number of anilines is 3. The summed E-state index contributed by atoms with van der Waals surface area (Å²) in [6, 6.07) is 5.10. The number of rotatable bonds is 6. The summed E-state index contributed by atoms with van der Waals surface area (Å²) in [6.07, 6.45) is 4.28. The quantitative estimate of drug-likeness (QED) is 0.591. The number of carbonyl (C=O) groups is 2. The van der Waals surface area contributed by atoms with Crippen molar-refractivity contribution in [2.24, 2.45) is 0 Å². The van der Waals surface area contributed by atoms with Gasteiger partial charge in [0.15, 0.2) is 5.65 Å². The molecule has 0 unspecified atom stereocenters. The van der Waals surface area contributed by atoms with Crippen molar-refractivity contribution >= 4 is 35.0 Å². The van der Waals surface area contributed by atoms with E-state index in [1.54, 1.807) is 45.2 Å². The Hall–Kier alpha value is -3.89. The van der Waals surface area contributed by atoms with Crippen LogP contribution < -0.4 is 15.0 Å². The fraction of sp³-hybridized carbons (Fsp3) is 0.381. The van der Waals surface area contributed by atoms with E-state index in [2.05, 4.69) is 20.4 Å². The third-order valence-corrected chi connectivity index (χ3v) is 4.53. The Morgan fingerprint density at radius 2 is 2.06 bits per heavy atom. The molecule has 11 nitrogen and oxygen atoms in total. The molecule has 0 spiro atoms. The van der Waals surface area contributed by atoms with Gasteiger partial charge in [-0.3, -0.25) is 4.90 Å². The van der Waals surface area contributed by atoms with E-state index in [1.807, 2.05) is 0 Å². The number of aromatic carboxylic acids is 1. The molecule has 0 atom stereocenters. The summed E-state index contributed by atoms with van der Waals surface area (Å²) in [5.41, 5.74) is -0.173. The highest BCUT2D eigenvalue weighted by Gasteiger charge is 2.27. The van der Waals surface area contributed by atoms with E-state index < -0.39 is 17.7 Å². The highest BCUT2D eigenvalue weighted by atomic mass is 16.6. The monoisotopic (exact) mass is 440 g/mol. The van der Waals surface area contributed by atoms with Crippen LogP contribution in [0.2, 0.25) is 0 Å². The molecule has 3 heterocycles. The van der Waals surface area contributed by atoms with Crippen molar-refractivity contribution in [3.05, 3.63) is 36.2 Å². The Morgan fingerprint density at radius 3 is 2.72 bits per heavy atom. The van der Waals surface area contributed by atoms with Crippen LogP contribution in [0, 0.1) is 0 Å². The number of carboxylic acid groups (broad SMARTS) is 1. The number of ether oxygens (including phenoxy) is 2. The minimum Gasteiger partial charge on any atom is -0.477 e. The van der Waals surface area contributed by atoms with Crippen molar-refractivity contribution in [1.29, 1.82) is 0 Å². The second-order valence-electron chi connectivity index (χ2n) is 8.44. The standard InChI is InChI=1S/C21H24N6O5/c1-21(2,3)32-20(30)26(4)16-10-15(25-17-13(19(28)29)11-23-27(16)17)24-14-6-5-9-22-18(14)31-12-7-8-12/h5-6,9-12H,7-8H2,1-4H3,(H,24,25)(H,28,29). The fourth-order valence-corrected chi connectivity index (χ4v) is 2.89. The number of nitrogens with zero attached hydrogens (tertiary/aromatic N) is 5. The number of hydrogen-bond acceptors (Lipinski definition) is 8. The number of hydrogen-bond donors (Lipinski definition) is 2. The van der Waals surface area contributed by atoms with Gasteiger partial charge in [0, 0.05) is 19.3 Å². The summed E-state index contributed by atoms with van der Waals surface area (Å²) < 4.78 is 12.6. The van der Waals surface area contributed by atoms with Gasteiger partial charge in [-0.1, -0.05) is 0 Å². The van der Waals surface area contributed by atoms with Crippen LogP contribution >= 0.6 is 0 Å². The summed E-state index contributed by atoms with van der Waals surface area (Å²) in [6.45, 7) is 5.27. The second kappa shape index (κ2) is 7.98. The zero-order chi connectivity index (χ0) is 23.0. The summed E-state index contributed by atoms with van der Waals surface area (Å²) in [5.74, 6) is -0.201. The highest BCUT2D eigenvalue weighted by molar-refractivity contribution is 5.95. The molecule has 3 aromatic heterocycles. The second-order valence-corrected chi connectivity index (χ2v) is 8.44.